The smallest absolute Gasteiger partial charge is 0.0300 e. The van der Waals surface area contributed by atoms with E-state index in [0.717, 1.165) is 24.4 Å². The fraction of sp³-hybridized carbons (Fsp3) is 0.667. The van der Waals surface area contributed by atoms with Crippen LogP contribution in [0.15, 0.2) is 24.2 Å². The molecule has 0 aromatic heterocycles. The van der Waals surface area contributed by atoms with Crippen molar-refractivity contribution in [3.05, 3.63) is 24.2 Å². The summed E-state index contributed by atoms with van der Waals surface area (Å²) in [6.07, 6.45) is 2.97. The van der Waals surface area contributed by atoms with Crippen molar-refractivity contribution in [3.8, 4) is 0 Å². The number of hydrogen-bond acceptors (Lipinski definition) is 2. The van der Waals surface area contributed by atoms with Crippen molar-refractivity contribution < 1.29 is 0 Å². The number of rotatable bonds is 4. The molecule has 14 heavy (non-hydrogen) atoms. The SMILES string of the molecule is C=C(CC)N(/C=C(\N)C(C)(C)C)CC. The summed E-state index contributed by atoms with van der Waals surface area (Å²) in [4.78, 5) is 2.11. The van der Waals surface area contributed by atoms with E-state index in [-0.39, 0.29) is 5.41 Å². The molecule has 0 bridgehead atoms. The average molecular weight is 196 g/mol. The van der Waals surface area contributed by atoms with Crippen molar-refractivity contribution in [1.29, 1.82) is 0 Å². The van der Waals surface area contributed by atoms with Gasteiger partial charge in [-0.3, -0.25) is 0 Å². The Kier molecular flexibility index (Phi) is 4.75. The van der Waals surface area contributed by atoms with Crippen LogP contribution in [0, 0.1) is 5.41 Å². The van der Waals surface area contributed by atoms with Crippen LogP contribution in [0.2, 0.25) is 0 Å². The Morgan fingerprint density at radius 3 is 2.14 bits per heavy atom. The molecule has 0 saturated carbocycles. The highest BCUT2D eigenvalue weighted by atomic mass is 15.1. The fourth-order valence-corrected chi connectivity index (χ4v) is 0.971. The maximum Gasteiger partial charge on any atom is 0.0300 e. The van der Waals surface area contributed by atoms with Gasteiger partial charge >= 0.3 is 0 Å². The summed E-state index contributed by atoms with van der Waals surface area (Å²) >= 11 is 0. The van der Waals surface area contributed by atoms with Crippen molar-refractivity contribution in [2.75, 3.05) is 6.54 Å². The predicted molar refractivity (Wildman–Crippen MR) is 63.5 cm³/mol. The van der Waals surface area contributed by atoms with Crippen molar-refractivity contribution in [2.45, 2.75) is 41.0 Å². The molecule has 0 atom stereocenters. The minimum Gasteiger partial charge on any atom is -0.400 e. The molecule has 0 aromatic carbocycles. The number of allylic oxidation sites excluding steroid dienone is 2. The van der Waals surface area contributed by atoms with Crippen molar-refractivity contribution in [1.82, 2.24) is 4.90 Å². The summed E-state index contributed by atoms with van der Waals surface area (Å²) < 4.78 is 0. The second-order valence-corrected chi connectivity index (χ2v) is 4.54. The van der Waals surface area contributed by atoms with Crippen LogP contribution in [-0.4, -0.2) is 11.4 Å². The van der Waals surface area contributed by atoms with Crippen molar-refractivity contribution >= 4 is 0 Å². The van der Waals surface area contributed by atoms with Crippen LogP contribution < -0.4 is 5.73 Å². The summed E-state index contributed by atoms with van der Waals surface area (Å²) in [7, 11) is 0. The normalized spacial score (nSPS) is 12.8. The van der Waals surface area contributed by atoms with Gasteiger partial charge < -0.3 is 10.6 Å². The third kappa shape index (κ3) is 3.86. The highest BCUT2D eigenvalue weighted by Gasteiger charge is 2.14. The minimum atomic E-state index is 0.0292. The van der Waals surface area contributed by atoms with Crippen LogP contribution in [0.25, 0.3) is 0 Å². The van der Waals surface area contributed by atoms with Gasteiger partial charge in [-0.25, -0.2) is 0 Å². The summed E-state index contributed by atoms with van der Waals surface area (Å²) in [6.45, 7) is 15.5. The standard InChI is InChI=1S/C12H24N2/c1-7-10(3)14(8-2)9-11(13)12(4,5)6/h9H,3,7-8,13H2,1-2,4-6H3/b11-9-. The molecule has 0 aliphatic carbocycles. The highest BCUT2D eigenvalue weighted by molar-refractivity contribution is 5.10. The van der Waals surface area contributed by atoms with Crippen LogP contribution in [0.4, 0.5) is 0 Å². The van der Waals surface area contributed by atoms with E-state index in [1.165, 1.54) is 0 Å². The summed E-state index contributed by atoms with van der Waals surface area (Å²) in [5, 5.41) is 0. The van der Waals surface area contributed by atoms with Crippen LogP contribution in [0.1, 0.15) is 41.0 Å². The van der Waals surface area contributed by atoms with Crippen LogP contribution in [-0.2, 0) is 0 Å². The third-order valence-electron chi connectivity index (χ3n) is 2.32. The van der Waals surface area contributed by atoms with Gasteiger partial charge in [-0.1, -0.05) is 34.3 Å². The van der Waals surface area contributed by atoms with Gasteiger partial charge in [0, 0.05) is 29.6 Å². The average Bonchev–Trinajstić information content (AvgIpc) is 2.10. The Labute approximate surface area is 88.5 Å². The van der Waals surface area contributed by atoms with E-state index in [1.807, 2.05) is 6.20 Å². The van der Waals surface area contributed by atoms with Crippen LogP contribution in [0.5, 0.6) is 0 Å². The molecule has 0 saturated heterocycles. The van der Waals surface area contributed by atoms with E-state index in [0.29, 0.717) is 0 Å². The lowest BCUT2D eigenvalue weighted by Crippen LogP contribution is -2.23. The molecule has 0 aromatic rings. The van der Waals surface area contributed by atoms with Gasteiger partial charge in [-0.15, -0.1) is 0 Å². The molecule has 0 rings (SSSR count). The predicted octanol–water partition coefficient (Wildman–Crippen LogP) is 3.08. The molecule has 0 unspecified atom stereocenters. The summed E-state index contributed by atoms with van der Waals surface area (Å²) in [6, 6.07) is 0. The molecule has 82 valence electrons. The minimum absolute atomic E-state index is 0.0292. The van der Waals surface area contributed by atoms with Gasteiger partial charge in [0.05, 0.1) is 0 Å². The number of nitrogens with two attached hydrogens (primary N) is 1. The van der Waals surface area contributed by atoms with Crippen molar-refractivity contribution in [2.24, 2.45) is 11.1 Å². The summed E-state index contributed by atoms with van der Waals surface area (Å²) in [5.74, 6) is 0. The van der Waals surface area contributed by atoms with E-state index in [2.05, 4.69) is 46.1 Å². The number of nitrogens with zero attached hydrogens (tertiary/aromatic N) is 1. The lowest BCUT2D eigenvalue weighted by Gasteiger charge is -2.25. The van der Waals surface area contributed by atoms with Crippen molar-refractivity contribution in [3.63, 3.8) is 0 Å². The van der Waals surface area contributed by atoms with Gasteiger partial charge in [0.1, 0.15) is 0 Å². The molecule has 0 aliphatic rings. The Bertz CT molecular complexity index is 221. The molecule has 0 fully saturated rings. The molecule has 0 amide bonds. The zero-order chi connectivity index (χ0) is 11.4. The molecule has 2 N–H and O–H groups in total. The largest absolute Gasteiger partial charge is 0.400 e. The Morgan fingerprint density at radius 2 is 1.86 bits per heavy atom. The quantitative estimate of drug-likeness (QED) is 0.748. The van der Waals surface area contributed by atoms with E-state index in [9.17, 15) is 0 Å². The first-order chi connectivity index (χ1) is 6.32. The summed E-state index contributed by atoms with van der Waals surface area (Å²) in [5.41, 5.74) is 8.04. The molecule has 0 aliphatic heterocycles. The first-order valence-electron chi connectivity index (χ1n) is 5.25. The Hall–Kier alpha value is -0.920. The lowest BCUT2D eigenvalue weighted by atomic mass is 9.93. The molecular formula is C12H24N2. The van der Waals surface area contributed by atoms with Gasteiger partial charge in [0.2, 0.25) is 0 Å². The van der Waals surface area contributed by atoms with E-state index in [4.69, 9.17) is 5.73 Å². The van der Waals surface area contributed by atoms with E-state index in [1.54, 1.807) is 0 Å². The van der Waals surface area contributed by atoms with Gasteiger partial charge in [-0.05, 0) is 13.3 Å². The maximum absolute atomic E-state index is 6.00. The number of hydrogen-bond donors (Lipinski definition) is 1. The molecule has 2 heteroatoms. The Balaban J connectivity index is 4.67. The monoisotopic (exact) mass is 196 g/mol. The lowest BCUT2D eigenvalue weighted by molar-refractivity contribution is 0.436. The zero-order valence-corrected chi connectivity index (χ0v) is 10.2. The highest BCUT2D eigenvalue weighted by Crippen LogP contribution is 2.22. The molecule has 2 nitrogen and oxygen atoms in total. The maximum atomic E-state index is 6.00. The van der Waals surface area contributed by atoms with Gasteiger partial charge in [0.25, 0.3) is 0 Å². The first-order valence-corrected chi connectivity index (χ1v) is 5.25. The van der Waals surface area contributed by atoms with Crippen LogP contribution >= 0.6 is 0 Å². The first kappa shape index (κ1) is 13.1. The van der Waals surface area contributed by atoms with Gasteiger partial charge in [0.15, 0.2) is 0 Å². The fourth-order valence-electron chi connectivity index (χ4n) is 0.971. The van der Waals surface area contributed by atoms with Crippen LogP contribution in [0.3, 0.4) is 0 Å². The molecule has 0 spiro atoms. The molecular weight excluding hydrogens is 172 g/mol. The Morgan fingerprint density at radius 1 is 1.36 bits per heavy atom. The zero-order valence-electron chi connectivity index (χ0n) is 10.2. The van der Waals surface area contributed by atoms with Gasteiger partial charge in [-0.2, -0.15) is 0 Å². The molecule has 0 radical (unpaired) electrons. The third-order valence-corrected chi connectivity index (χ3v) is 2.32. The second kappa shape index (κ2) is 5.08. The second-order valence-electron chi connectivity index (χ2n) is 4.54. The molecule has 0 heterocycles. The van der Waals surface area contributed by atoms with E-state index < -0.39 is 0 Å². The topological polar surface area (TPSA) is 29.3 Å². The van der Waals surface area contributed by atoms with E-state index >= 15 is 0 Å².